The third-order valence-electron chi connectivity index (χ3n) is 7.90. The van der Waals surface area contributed by atoms with Crippen molar-refractivity contribution in [1.82, 2.24) is 0 Å². The molecule has 0 aliphatic rings. The van der Waals surface area contributed by atoms with Crippen LogP contribution in [0, 0.1) is 0 Å². The molecule has 4 N–H and O–H groups in total. The molecule has 4 atom stereocenters. The van der Waals surface area contributed by atoms with Crippen LogP contribution >= 0.6 is 11.8 Å². The van der Waals surface area contributed by atoms with Crippen molar-refractivity contribution in [2.75, 3.05) is 39.6 Å². The van der Waals surface area contributed by atoms with Crippen molar-refractivity contribution in [1.29, 1.82) is 0 Å². The van der Waals surface area contributed by atoms with Gasteiger partial charge in [-0.1, -0.05) is 129 Å². The van der Waals surface area contributed by atoms with Crippen LogP contribution in [-0.4, -0.2) is 82.8 Å². The van der Waals surface area contributed by atoms with Crippen LogP contribution in [0.25, 0.3) is 0 Å². The molecule has 6 nitrogen and oxygen atoms in total. The monoisotopic (exact) mass is 606 g/mol. The van der Waals surface area contributed by atoms with Gasteiger partial charge in [-0.25, -0.2) is 0 Å². The Hall–Kier alpha value is 0.110. The molecule has 0 radical (unpaired) electrons. The van der Waals surface area contributed by atoms with E-state index in [0.29, 0.717) is 26.1 Å². The van der Waals surface area contributed by atoms with Gasteiger partial charge in [0.15, 0.2) is 0 Å². The van der Waals surface area contributed by atoms with Crippen LogP contribution in [0.4, 0.5) is 0 Å². The van der Waals surface area contributed by atoms with Gasteiger partial charge in [0.1, 0.15) is 0 Å². The van der Waals surface area contributed by atoms with E-state index in [2.05, 4.69) is 13.8 Å². The summed E-state index contributed by atoms with van der Waals surface area (Å²) >= 11 is 1.44. The van der Waals surface area contributed by atoms with E-state index >= 15 is 0 Å². The lowest BCUT2D eigenvalue weighted by Crippen LogP contribution is -2.36. The summed E-state index contributed by atoms with van der Waals surface area (Å²) in [7, 11) is 0. The largest absolute Gasteiger partial charge is 0.396 e. The number of ether oxygens (including phenoxy) is 2. The molecule has 0 amide bonds. The second kappa shape index (κ2) is 33.0. The molecular formula is C34H70O6S. The van der Waals surface area contributed by atoms with Crippen LogP contribution in [0.3, 0.4) is 0 Å². The summed E-state index contributed by atoms with van der Waals surface area (Å²) in [4.78, 5) is 0. The molecule has 248 valence electrons. The fraction of sp³-hybridized carbons (Fsp3) is 1.00. The highest BCUT2D eigenvalue weighted by molar-refractivity contribution is 8.00. The van der Waals surface area contributed by atoms with Gasteiger partial charge in [-0.15, -0.1) is 11.8 Å². The second-order valence-electron chi connectivity index (χ2n) is 11.9. The highest BCUT2D eigenvalue weighted by Gasteiger charge is 2.28. The zero-order chi connectivity index (χ0) is 30.2. The Labute approximate surface area is 258 Å². The molecule has 7 heteroatoms. The van der Waals surface area contributed by atoms with Crippen LogP contribution in [0.5, 0.6) is 0 Å². The zero-order valence-electron chi connectivity index (χ0n) is 27.1. The second-order valence-corrected chi connectivity index (χ2v) is 13.4. The number of hydrogen-bond donors (Lipinski definition) is 4. The quantitative estimate of drug-likeness (QED) is 0.0554. The number of hydrogen-bond acceptors (Lipinski definition) is 7. The first-order chi connectivity index (χ1) is 20.1. The molecule has 0 aromatic carbocycles. The summed E-state index contributed by atoms with van der Waals surface area (Å²) in [6.07, 6.45) is 24.9. The molecule has 0 bridgehead atoms. The van der Waals surface area contributed by atoms with Crippen LogP contribution in [0.2, 0.25) is 0 Å². The molecule has 4 unspecified atom stereocenters. The molecule has 0 saturated heterocycles. The van der Waals surface area contributed by atoms with E-state index in [1.807, 2.05) is 0 Å². The van der Waals surface area contributed by atoms with Crippen LogP contribution in [0.1, 0.15) is 155 Å². The van der Waals surface area contributed by atoms with Gasteiger partial charge in [-0.2, -0.15) is 0 Å². The maximum atomic E-state index is 10.8. The minimum atomic E-state index is -0.726. The predicted molar refractivity (Wildman–Crippen MR) is 176 cm³/mol. The number of rotatable bonds is 34. The van der Waals surface area contributed by atoms with E-state index in [-0.39, 0.29) is 36.9 Å². The van der Waals surface area contributed by atoms with E-state index in [0.717, 1.165) is 25.7 Å². The van der Waals surface area contributed by atoms with Gasteiger partial charge in [0.05, 0.1) is 25.4 Å². The van der Waals surface area contributed by atoms with E-state index in [1.165, 1.54) is 114 Å². The summed E-state index contributed by atoms with van der Waals surface area (Å²) in [5, 5.41) is 40.1. The summed E-state index contributed by atoms with van der Waals surface area (Å²) in [6, 6.07) is 0. The normalized spacial score (nSPS) is 14.8. The smallest absolute Gasteiger partial charge is 0.0892 e. The zero-order valence-corrected chi connectivity index (χ0v) is 27.9. The highest BCUT2D eigenvalue weighted by Crippen LogP contribution is 2.28. The maximum absolute atomic E-state index is 10.8. The van der Waals surface area contributed by atoms with E-state index in [1.54, 1.807) is 0 Å². The topological polar surface area (TPSA) is 99.4 Å². The minimum absolute atomic E-state index is 0.0373. The van der Waals surface area contributed by atoms with Crippen molar-refractivity contribution >= 4 is 11.8 Å². The molecule has 0 fully saturated rings. The number of aliphatic hydroxyl groups excluding tert-OH is 4. The molecule has 0 saturated carbocycles. The molecule has 0 aromatic heterocycles. The van der Waals surface area contributed by atoms with Gasteiger partial charge >= 0.3 is 0 Å². The standard InChI is InChI=1S/C34H70O6S/c1-3-5-7-9-11-13-15-17-19-21-27-39-29-31(37)33(23-25-35)41-34(24-26-36)32(38)30-40-28-22-20-18-16-14-12-10-8-6-4-2/h31-38H,3-30H2,1-2H3. The lowest BCUT2D eigenvalue weighted by molar-refractivity contribution is 0.0264. The first-order valence-electron chi connectivity index (χ1n) is 17.5. The Balaban J connectivity index is 4.06. The third-order valence-corrected chi connectivity index (χ3v) is 9.70. The molecule has 0 spiro atoms. The lowest BCUT2D eigenvalue weighted by atomic mass is 10.1. The van der Waals surface area contributed by atoms with Gasteiger partial charge in [-0.05, 0) is 25.7 Å². The minimum Gasteiger partial charge on any atom is -0.396 e. The third kappa shape index (κ3) is 27.4. The average molecular weight is 607 g/mol. The Bertz CT molecular complexity index is 456. The molecule has 0 aliphatic heterocycles. The Kier molecular flexibility index (Phi) is 33.1. The number of unbranched alkanes of at least 4 members (excludes halogenated alkanes) is 18. The Morgan fingerprint density at radius 3 is 1.05 bits per heavy atom. The molecule has 0 aliphatic carbocycles. The predicted octanol–water partition coefficient (Wildman–Crippen LogP) is 7.82. The van der Waals surface area contributed by atoms with E-state index in [9.17, 15) is 20.4 Å². The van der Waals surface area contributed by atoms with E-state index < -0.39 is 12.2 Å². The molecular weight excluding hydrogens is 536 g/mol. The van der Waals surface area contributed by atoms with E-state index in [4.69, 9.17) is 9.47 Å². The van der Waals surface area contributed by atoms with Crippen LogP contribution in [0.15, 0.2) is 0 Å². The van der Waals surface area contributed by atoms with Gasteiger partial charge in [0, 0.05) is 36.9 Å². The van der Waals surface area contributed by atoms with Crippen molar-refractivity contribution in [3.05, 3.63) is 0 Å². The van der Waals surface area contributed by atoms with Crippen molar-refractivity contribution in [3.8, 4) is 0 Å². The van der Waals surface area contributed by atoms with Crippen molar-refractivity contribution in [2.24, 2.45) is 0 Å². The summed E-state index contributed by atoms with van der Waals surface area (Å²) in [5.41, 5.74) is 0. The van der Waals surface area contributed by atoms with Gasteiger partial charge < -0.3 is 29.9 Å². The van der Waals surface area contributed by atoms with Crippen molar-refractivity contribution in [3.63, 3.8) is 0 Å². The van der Waals surface area contributed by atoms with Crippen molar-refractivity contribution < 1.29 is 29.9 Å². The first-order valence-corrected chi connectivity index (χ1v) is 18.4. The van der Waals surface area contributed by atoms with Crippen molar-refractivity contribution in [2.45, 2.75) is 178 Å². The van der Waals surface area contributed by atoms with Crippen LogP contribution in [-0.2, 0) is 9.47 Å². The summed E-state index contributed by atoms with van der Waals surface area (Å²) in [6.45, 7) is 6.16. The number of thioether (sulfide) groups is 1. The fourth-order valence-corrected chi connectivity index (χ4v) is 6.64. The molecule has 0 aromatic rings. The molecule has 0 rings (SSSR count). The highest BCUT2D eigenvalue weighted by atomic mass is 32.2. The maximum Gasteiger partial charge on any atom is 0.0892 e. The SMILES string of the molecule is CCCCCCCCCCCCOCC(O)C(CCO)SC(CCO)C(O)COCCCCCCCCCCCC. The summed E-state index contributed by atoms with van der Waals surface area (Å²) in [5.74, 6) is 0. The Morgan fingerprint density at radius 2 is 0.756 bits per heavy atom. The van der Waals surface area contributed by atoms with Crippen LogP contribution < -0.4 is 0 Å². The lowest BCUT2D eigenvalue weighted by Gasteiger charge is -2.29. The van der Waals surface area contributed by atoms with Gasteiger partial charge in [0.25, 0.3) is 0 Å². The van der Waals surface area contributed by atoms with Gasteiger partial charge in [0.2, 0.25) is 0 Å². The molecule has 0 heterocycles. The number of aliphatic hydroxyl groups is 4. The average Bonchev–Trinajstić information content (AvgIpc) is 2.97. The first kappa shape index (κ1) is 41.1. The fourth-order valence-electron chi connectivity index (χ4n) is 5.19. The van der Waals surface area contributed by atoms with Gasteiger partial charge in [-0.3, -0.25) is 0 Å². The molecule has 41 heavy (non-hydrogen) atoms. The summed E-state index contributed by atoms with van der Waals surface area (Å²) < 4.78 is 11.5. The Morgan fingerprint density at radius 1 is 0.463 bits per heavy atom.